The Hall–Kier alpha value is -2.89. The molecule has 3 fully saturated rings. The number of amides is 1. The number of pyridine rings is 1. The Balaban J connectivity index is 1.26. The summed E-state index contributed by atoms with van der Waals surface area (Å²) in [5.41, 5.74) is 4.73. The van der Waals surface area contributed by atoms with E-state index in [2.05, 4.69) is 44.1 Å². The Kier molecular flexibility index (Phi) is 8.10. The molecular formula is C32H41F2N5O3S. The number of nitrogens with one attached hydrogen (secondary N) is 3. The average molecular weight is 614 g/mol. The Morgan fingerprint density at radius 2 is 1.91 bits per heavy atom. The molecule has 2 aliphatic carbocycles. The molecule has 0 radical (unpaired) electrons. The number of alkyl halides is 2. The van der Waals surface area contributed by atoms with E-state index in [-0.39, 0.29) is 55.1 Å². The Bertz CT molecular complexity index is 1580. The minimum Gasteiger partial charge on any atom is -0.378 e. The van der Waals surface area contributed by atoms with E-state index in [1.54, 1.807) is 7.11 Å². The van der Waals surface area contributed by atoms with Gasteiger partial charge in [0.2, 0.25) is 0 Å². The Labute approximate surface area is 254 Å². The highest BCUT2D eigenvalue weighted by molar-refractivity contribution is 7.98. The molecule has 8 nitrogen and oxygen atoms in total. The number of aryl methyl sites for hydroxylation is 1. The van der Waals surface area contributed by atoms with E-state index < -0.39 is 5.92 Å². The molecular weight excluding hydrogens is 572 g/mol. The molecule has 232 valence electrons. The number of carbonyl (C=O) groups excluding carboxylic acids is 1. The van der Waals surface area contributed by atoms with Crippen molar-refractivity contribution in [3.8, 4) is 0 Å². The maximum absolute atomic E-state index is 13.8. The molecule has 43 heavy (non-hydrogen) atoms. The third-order valence-corrected chi connectivity index (χ3v) is 10.5. The van der Waals surface area contributed by atoms with Crippen LogP contribution in [0.5, 0.6) is 0 Å². The predicted octanol–water partition coefficient (Wildman–Crippen LogP) is 5.16. The Morgan fingerprint density at radius 3 is 2.56 bits per heavy atom. The molecule has 11 heteroatoms. The standard InChI is InChI=1S/C32H41F2N5O3S/c1-17-8-28(43-5)26(30(40)36-17)14-35-31(41)29-19(3)39(18(2)20-9-21(10-20)37-22-12-32(33,34)13-22)27-11-23(6-7-25(27)29)38-15-24(16-38)42-4/h6-8,11,18,20-22,24,37H,9-10,12-16H2,1-5H3,(H,35,41)(H,36,40)/t18-,20?,21?/m1/s1. The third kappa shape index (κ3) is 5.71. The number of benzene rings is 1. The summed E-state index contributed by atoms with van der Waals surface area (Å²) in [6.07, 6.45) is 3.83. The van der Waals surface area contributed by atoms with Crippen molar-refractivity contribution in [3.63, 3.8) is 0 Å². The number of ether oxygens (including phenoxy) is 1. The van der Waals surface area contributed by atoms with Crippen LogP contribution in [0.1, 0.15) is 66.0 Å². The minimum atomic E-state index is -2.52. The lowest BCUT2D eigenvalue weighted by molar-refractivity contribution is -0.0981. The van der Waals surface area contributed by atoms with E-state index in [1.807, 2.05) is 32.2 Å². The fourth-order valence-corrected chi connectivity index (χ4v) is 7.75. The zero-order chi connectivity index (χ0) is 30.6. The maximum atomic E-state index is 13.8. The summed E-state index contributed by atoms with van der Waals surface area (Å²) < 4.78 is 34.4. The fraction of sp³-hybridized carbons (Fsp3) is 0.562. The molecule has 3 N–H and O–H groups in total. The highest BCUT2D eigenvalue weighted by atomic mass is 32.2. The molecule has 2 aromatic heterocycles. The van der Waals surface area contributed by atoms with Gasteiger partial charge in [-0.3, -0.25) is 9.59 Å². The summed E-state index contributed by atoms with van der Waals surface area (Å²) in [6.45, 7) is 7.81. The molecule has 1 saturated heterocycles. The number of halogens is 2. The van der Waals surface area contributed by atoms with Crippen LogP contribution in [-0.2, 0) is 11.3 Å². The molecule has 2 saturated carbocycles. The van der Waals surface area contributed by atoms with Gasteiger partial charge >= 0.3 is 0 Å². The van der Waals surface area contributed by atoms with Crippen LogP contribution < -0.4 is 21.1 Å². The quantitative estimate of drug-likeness (QED) is 0.274. The van der Waals surface area contributed by atoms with Crippen LogP contribution in [0.4, 0.5) is 14.5 Å². The number of anilines is 1. The smallest absolute Gasteiger partial charge is 0.254 e. The van der Waals surface area contributed by atoms with Gasteiger partial charge < -0.3 is 29.8 Å². The van der Waals surface area contributed by atoms with Crippen LogP contribution in [0.25, 0.3) is 10.9 Å². The van der Waals surface area contributed by atoms with Crippen molar-refractivity contribution < 1.29 is 18.3 Å². The van der Waals surface area contributed by atoms with Crippen LogP contribution in [0.3, 0.4) is 0 Å². The first-order valence-electron chi connectivity index (χ1n) is 15.1. The summed E-state index contributed by atoms with van der Waals surface area (Å²) >= 11 is 1.49. The monoisotopic (exact) mass is 613 g/mol. The maximum Gasteiger partial charge on any atom is 0.254 e. The van der Waals surface area contributed by atoms with Gasteiger partial charge in [-0.1, -0.05) is 0 Å². The van der Waals surface area contributed by atoms with Crippen molar-refractivity contribution in [1.29, 1.82) is 0 Å². The Morgan fingerprint density at radius 1 is 1.19 bits per heavy atom. The van der Waals surface area contributed by atoms with E-state index >= 15 is 0 Å². The molecule has 6 rings (SSSR count). The van der Waals surface area contributed by atoms with Crippen molar-refractivity contribution in [2.24, 2.45) is 5.92 Å². The van der Waals surface area contributed by atoms with Crippen LogP contribution in [-0.4, -0.2) is 66.0 Å². The number of rotatable bonds is 10. The van der Waals surface area contributed by atoms with Crippen molar-refractivity contribution in [3.05, 3.63) is 57.1 Å². The van der Waals surface area contributed by atoms with Gasteiger partial charge in [0, 0.05) is 90.6 Å². The number of nitrogens with zero attached hydrogens (tertiary/aromatic N) is 2. The molecule has 0 bridgehead atoms. The number of thioether (sulfide) groups is 1. The van der Waals surface area contributed by atoms with Gasteiger partial charge in [0.05, 0.1) is 17.2 Å². The van der Waals surface area contributed by atoms with Crippen LogP contribution in [0, 0.1) is 19.8 Å². The van der Waals surface area contributed by atoms with Crippen LogP contribution in [0.15, 0.2) is 34.0 Å². The number of carbonyl (C=O) groups is 1. The first-order chi connectivity index (χ1) is 20.5. The van der Waals surface area contributed by atoms with Crippen LogP contribution in [0.2, 0.25) is 0 Å². The lowest BCUT2D eigenvalue weighted by Crippen LogP contribution is -2.55. The number of hydrogen-bond donors (Lipinski definition) is 3. The van der Waals surface area contributed by atoms with E-state index in [4.69, 9.17) is 4.74 Å². The van der Waals surface area contributed by atoms with Gasteiger partial charge in [0.15, 0.2) is 0 Å². The number of H-pyrrole nitrogens is 1. The molecule has 1 aliphatic heterocycles. The van der Waals surface area contributed by atoms with E-state index in [9.17, 15) is 18.4 Å². The first kappa shape index (κ1) is 30.1. The second-order valence-corrected chi connectivity index (χ2v) is 13.5. The molecule has 0 spiro atoms. The molecule has 1 aromatic carbocycles. The number of methoxy groups -OCH3 is 1. The zero-order valence-electron chi connectivity index (χ0n) is 25.4. The SMILES string of the molecule is COC1CN(c2ccc3c(C(=O)NCc4c(SC)cc(C)[nH]c4=O)c(C)n([C@H](C)C4CC(NC5CC(F)(F)C5)C4)c3c2)C1. The van der Waals surface area contributed by atoms with Gasteiger partial charge in [0.25, 0.3) is 17.4 Å². The van der Waals surface area contributed by atoms with Gasteiger partial charge in [-0.25, -0.2) is 8.78 Å². The van der Waals surface area contributed by atoms with E-state index in [0.717, 1.165) is 58.8 Å². The molecule has 3 aliphatic rings. The minimum absolute atomic E-state index is 0.0698. The zero-order valence-corrected chi connectivity index (χ0v) is 26.2. The summed E-state index contributed by atoms with van der Waals surface area (Å²) in [5.74, 6) is -2.37. The van der Waals surface area contributed by atoms with E-state index in [1.165, 1.54) is 11.8 Å². The van der Waals surface area contributed by atoms with Gasteiger partial charge in [-0.2, -0.15) is 0 Å². The lowest BCUT2D eigenvalue weighted by Gasteiger charge is -2.45. The number of aromatic nitrogens is 2. The summed E-state index contributed by atoms with van der Waals surface area (Å²) in [6, 6.07) is 8.46. The van der Waals surface area contributed by atoms with Crippen molar-refractivity contribution in [2.75, 3.05) is 31.4 Å². The predicted molar refractivity (Wildman–Crippen MR) is 167 cm³/mol. The number of hydrogen-bond acceptors (Lipinski definition) is 6. The number of fused-ring (bicyclic) bond motifs is 1. The molecule has 1 atom stereocenters. The molecule has 3 aromatic rings. The normalized spacial score (nSPS) is 22.6. The summed E-state index contributed by atoms with van der Waals surface area (Å²) in [7, 11) is 1.73. The molecule has 3 heterocycles. The first-order valence-corrected chi connectivity index (χ1v) is 16.3. The van der Waals surface area contributed by atoms with Crippen molar-refractivity contribution in [2.45, 2.75) is 88.0 Å². The van der Waals surface area contributed by atoms with Crippen molar-refractivity contribution in [1.82, 2.24) is 20.2 Å². The second-order valence-electron chi connectivity index (χ2n) is 12.6. The topological polar surface area (TPSA) is 91.4 Å². The van der Waals surface area contributed by atoms with Crippen LogP contribution >= 0.6 is 11.8 Å². The lowest BCUT2D eigenvalue weighted by atomic mass is 9.74. The second kappa shape index (κ2) is 11.6. The third-order valence-electron chi connectivity index (χ3n) is 9.71. The largest absolute Gasteiger partial charge is 0.378 e. The molecule has 1 amide bonds. The highest BCUT2D eigenvalue weighted by Gasteiger charge is 2.47. The summed E-state index contributed by atoms with van der Waals surface area (Å²) in [4.78, 5) is 32.5. The average Bonchev–Trinajstić information content (AvgIpc) is 3.18. The van der Waals surface area contributed by atoms with Crippen molar-refractivity contribution >= 4 is 34.3 Å². The molecule has 0 unspecified atom stereocenters. The van der Waals surface area contributed by atoms with Gasteiger partial charge in [-0.05, 0) is 70.1 Å². The summed E-state index contributed by atoms with van der Waals surface area (Å²) in [5, 5.41) is 7.32. The highest BCUT2D eigenvalue weighted by Crippen LogP contribution is 2.44. The van der Waals surface area contributed by atoms with E-state index in [0.29, 0.717) is 17.0 Å². The fourth-order valence-electron chi connectivity index (χ4n) is 7.04. The van der Waals surface area contributed by atoms with Gasteiger partial charge in [0.1, 0.15) is 0 Å². The number of aromatic amines is 1. The van der Waals surface area contributed by atoms with Gasteiger partial charge in [-0.15, -0.1) is 11.8 Å².